The number of methoxy groups -OCH3 is 4. The maximum atomic E-state index is 12.6. The number of amides is 2. The number of nitrogens with zero attached hydrogens (tertiary/aromatic N) is 1. The second-order valence-electron chi connectivity index (χ2n) is 5.77. The second kappa shape index (κ2) is 9.50. The van der Waals surface area contributed by atoms with Crippen molar-refractivity contribution in [2.24, 2.45) is 0 Å². The fraction of sp³-hybridized carbons (Fsp3) is 0.300. The maximum Gasteiger partial charge on any atom is 0.244 e. The first kappa shape index (κ1) is 20.9. The standard InChI is InChI=1S/C20H24N2O6/c1-13(23)22(15-7-6-8-16(11-15)25-2)12-19(24)21-14-9-17(26-3)20(28-5)18(10-14)27-4/h6-11H,12H2,1-5H3,(H,21,24). The summed E-state index contributed by atoms with van der Waals surface area (Å²) in [5.41, 5.74) is 1.01. The van der Waals surface area contributed by atoms with Crippen molar-refractivity contribution < 1.29 is 28.5 Å². The third-order valence-electron chi connectivity index (χ3n) is 4.00. The van der Waals surface area contributed by atoms with Gasteiger partial charge in [-0.15, -0.1) is 0 Å². The SMILES string of the molecule is COc1cccc(N(CC(=O)Nc2cc(OC)c(OC)c(OC)c2)C(C)=O)c1. The van der Waals surface area contributed by atoms with Gasteiger partial charge in [0.25, 0.3) is 0 Å². The lowest BCUT2D eigenvalue weighted by atomic mass is 10.2. The Kier molecular flexibility index (Phi) is 7.08. The molecule has 0 aliphatic carbocycles. The molecule has 2 aromatic rings. The average Bonchev–Trinajstić information content (AvgIpc) is 2.70. The smallest absolute Gasteiger partial charge is 0.244 e. The highest BCUT2D eigenvalue weighted by atomic mass is 16.5. The molecule has 8 heteroatoms. The lowest BCUT2D eigenvalue weighted by molar-refractivity contribution is -0.120. The van der Waals surface area contributed by atoms with E-state index in [4.69, 9.17) is 18.9 Å². The van der Waals surface area contributed by atoms with Gasteiger partial charge in [0, 0.05) is 36.5 Å². The van der Waals surface area contributed by atoms with Crippen LogP contribution in [0.3, 0.4) is 0 Å². The molecule has 2 rings (SSSR count). The molecule has 2 amide bonds. The van der Waals surface area contributed by atoms with E-state index in [1.165, 1.54) is 40.3 Å². The number of ether oxygens (including phenoxy) is 4. The van der Waals surface area contributed by atoms with Crippen molar-refractivity contribution in [3.8, 4) is 23.0 Å². The highest BCUT2D eigenvalue weighted by molar-refractivity contribution is 6.02. The zero-order valence-electron chi connectivity index (χ0n) is 16.6. The Balaban J connectivity index is 2.22. The number of rotatable bonds is 8. The summed E-state index contributed by atoms with van der Waals surface area (Å²) in [6.45, 7) is 1.23. The van der Waals surface area contributed by atoms with Gasteiger partial charge in [0.15, 0.2) is 11.5 Å². The normalized spacial score (nSPS) is 10.0. The van der Waals surface area contributed by atoms with E-state index in [2.05, 4.69) is 5.32 Å². The molecule has 0 aromatic heterocycles. The molecule has 0 bridgehead atoms. The summed E-state index contributed by atoms with van der Waals surface area (Å²) in [4.78, 5) is 26.0. The molecular weight excluding hydrogens is 364 g/mol. The molecule has 0 fully saturated rings. The van der Waals surface area contributed by atoms with E-state index in [9.17, 15) is 9.59 Å². The van der Waals surface area contributed by atoms with Crippen molar-refractivity contribution in [3.63, 3.8) is 0 Å². The number of hydrogen-bond donors (Lipinski definition) is 1. The van der Waals surface area contributed by atoms with Gasteiger partial charge in [0.05, 0.1) is 28.4 Å². The van der Waals surface area contributed by atoms with Gasteiger partial charge in [-0.1, -0.05) is 6.07 Å². The Morgan fingerprint density at radius 3 is 2.07 bits per heavy atom. The highest BCUT2D eigenvalue weighted by Gasteiger charge is 2.18. The molecule has 1 N–H and O–H groups in total. The fourth-order valence-electron chi connectivity index (χ4n) is 2.66. The Morgan fingerprint density at radius 2 is 1.57 bits per heavy atom. The van der Waals surface area contributed by atoms with E-state index >= 15 is 0 Å². The van der Waals surface area contributed by atoms with E-state index in [-0.39, 0.29) is 18.4 Å². The summed E-state index contributed by atoms with van der Waals surface area (Å²) in [6.07, 6.45) is 0. The van der Waals surface area contributed by atoms with Gasteiger partial charge in [-0.3, -0.25) is 9.59 Å². The minimum Gasteiger partial charge on any atom is -0.497 e. The van der Waals surface area contributed by atoms with Gasteiger partial charge in [-0.25, -0.2) is 0 Å². The number of nitrogens with one attached hydrogen (secondary N) is 1. The molecule has 0 heterocycles. The van der Waals surface area contributed by atoms with E-state index in [1.807, 2.05) is 0 Å². The zero-order chi connectivity index (χ0) is 20.7. The minimum absolute atomic E-state index is 0.167. The van der Waals surface area contributed by atoms with Crippen LogP contribution in [0.4, 0.5) is 11.4 Å². The predicted octanol–water partition coefficient (Wildman–Crippen LogP) is 2.71. The Hall–Kier alpha value is -3.42. The lowest BCUT2D eigenvalue weighted by Gasteiger charge is -2.21. The Morgan fingerprint density at radius 1 is 0.929 bits per heavy atom. The Labute approximate surface area is 163 Å². The highest BCUT2D eigenvalue weighted by Crippen LogP contribution is 2.39. The summed E-state index contributed by atoms with van der Waals surface area (Å²) in [5, 5.41) is 2.75. The van der Waals surface area contributed by atoms with Crippen LogP contribution in [-0.2, 0) is 9.59 Å². The zero-order valence-corrected chi connectivity index (χ0v) is 16.6. The molecule has 150 valence electrons. The molecule has 0 saturated carbocycles. The molecule has 0 aliphatic heterocycles. The largest absolute Gasteiger partial charge is 0.497 e. The fourth-order valence-corrected chi connectivity index (χ4v) is 2.66. The van der Waals surface area contributed by atoms with E-state index < -0.39 is 0 Å². The number of carbonyl (C=O) groups excluding carboxylic acids is 2. The van der Waals surface area contributed by atoms with Crippen LogP contribution >= 0.6 is 0 Å². The van der Waals surface area contributed by atoms with Gasteiger partial charge < -0.3 is 29.2 Å². The van der Waals surface area contributed by atoms with Crippen LogP contribution < -0.4 is 29.2 Å². The summed E-state index contributed by atoms with van der Waals surface area (Å²) in [6, 6.07) is 10.2. The topological polar surface area (TPSA) is 86.3 Å². The average molecular weight is 388 g/mol. The van der Waals surface area contributed by atoms with Crippen LogP contribution in [0.25, 0.3) is 0 Å². The Bertz CT molecular complexity index is 827. The molecule has 8 nitrogen and oxygen atoms in total. The first-order chi connectivity index (χ1) is 13.4. The van der Waals surface area contributed by atoms with Crippen LogP contribution in [0.15, 0.2) is 36.4 Å². The third-order valence-corrected chi connectivity index (χ3v) is 4.00. The summed E-state index contributed by atoms with van der Waals surface area (Å²) >= 11 is 0. The van der Waals surface area contributed by atoms with Gasteiger partial charge >= 0.3 is 0 Å². The van der Waals surface area contributed by atoms with Crippen molar-refractivity contribution in [2.45, 2.75) is 6.92 Å². The van der Waals surface area contributed by atoms with Crippen LogP contribution in [0.5, 0.6) is 23.0 Å². The number of hydrogen-bond acceptors (Lipinski definition) is 6. The minimum atomic E-state index is -0.382. The second-order valence-corrected chi connectivity index (χ2v) is 5.77. The molecule has 2 aromatic carbocycles. The molecule has 0 atom stereocenters. The number of benzene rings is 2. The monoisotopic (exact) mass is 388 g/mol. The molecule has 0 unspecified atom stereocenters. The summed E-state index contributed by atoms with van der Waals surface area (Å²) in [7, 11) is 6.01. The predicted molar refractivity (Wildman–Crippen MR) is 106 cm³/mol. The van der Waals surface area contributed by atoms with Crippen LogP contribution in [0.1, 0.15) is 6.92 Å². The molecule has 28 heavy (non-hydrogen) atoms. The van der Waals surface area contributed by atoms with Crippen LogP contribution in [0.2, 0.25) is 0 Å². The van der Waals surface area contributed by atoms with Crippen LogP contribution in [0, 0.1) is 0 Å². The molecule has 0 radical (unpaired) electrons. The number of carbonyl (C=O) groups is 2. The number of anilines is 2. The van der Waals surface area contributed by atoms with Gasteiger partial charge in [0.2, 0.25) is 17.6 Å². The van der Waals surface area contributed by atoms with Crippen molar-refractivity contribution >= 4 is 23.2 Å². The maximum absolute atomic E-state index is 12.6. The molecule has 0 spiro atoms. The van der Waals surface area contributed by atoms with Crippen molar-refractivity contribution in [2.75, 3.05) is 45.2 Å². The first-order valence-electron chi connectivity index (χ1n) is 8.45. The van der Waals surface area contributed by atoms with Crippen molar-refractivity contribution in [3.05, 3.63) is 36.4 Å². The summed E-state index contributed by atoms with van der Waals surface area (Å²) < 4.78 is 21.0. The molecule has 0 aliphatic rings. The first-order valence-corrected chi connectivity index (χ1v) is 8.45. The quantitative estimate of drug-likeness (QED) is 0.748. The van der Waals surface area contributed by atoms with Gasteiger partial charge in [0.1, 0.15) is 12.3 Å². The van der Waals surface area contributed by atoms with Crippen molar-refractivity contribution in [1.29, 1.82) is 0 Å². The van der Waals surface area contributed by atoms with Crippen molar-refractivity contribution in [1.82, 2.24) is 0 Å². The lowest BCUT2D eigenvalue weighted by Crippen LogP contribution is -2.36. The summed E-state index contributed by atoms with van der Waals surface area (Å²) in [5.74, 6) is 1.18. The molecular formula is C20H24N2O6. The van der Waals surface area contributed by atoms with E-state index in [0.29, 0.717) is 34.4 Å². The van der Waals surface area contributed by atoms with Gasteiger partial charge in [-0.2, -0.15) is 0 Å². The van der Waals surface area contributed by atoms with E-state index in [1.54, 1.807) is 36.4 Å². The molecule has 0 saturated heterocycles. The van der Waals surface area contributed by atoms with E-state index in [0.717, 1.165) is 0 Å². The third kappa shape index (κ3) is 4.85. The van der Waals surface area contributed by atoms with Crippen LogP contribution in [-0.4, -0.2) is 46.8 Å². The van der Waals surface area contributed by atoms with Gasteiger partial charge in [-0.05, 0) is 12.1 Å².